The van der Waals surface area contributed by atoms with Gasteiger partial charge in [0.25, 0.3) is 0 Å². The normalized spacial score (nSPS) is 10.3. The van der Waals surface area contributed by atoms with E-state index in [-0.39, 0.29) is 18.4 Å². The van der Waals surface area contributed by atoms with Gasteiger partial charge in [0.1, 0.15) is 6.54 Å². The monoisotopic (exact) mass is 370 g/mol. The molecular formula is C16H13Cl3N2O2. The molecule has 1 N–H and O–H groups in total. The molecule has 0 heterocycles. The molecule has 0 atom stereocenters. The van der Waals surface area contributed by atoms with Crippen LogP contribution in [0.2, 0.25) is 15.1 Å². The standard InChI is InChI=1S/C16H13Cl3N2O2/c1-10(22)21(13-5-2-11(17)3-6-13)9-16(23)20-15-7-4-12(18)8-14(15)19/h2-8H,9H2,1H3,(H,20,23). The summed E-state index contributed by atoms with van der Waals surface area (Å²) in [4.78, 5) is 25.3. The van der Waals surface area contributed by atoms with Crippen LogP contribution in [0.3, 0.4) is 0 Å². The first-order valence-corrected chi connectivity index (χ1v) is 7.79. The number of nitrogens with one attached hydrogen (secondary N) is 1. The molecule has 0 aliphatic heterocycles. The topological polar surface area (TPSA) is 49.4 Å². The Morgan fingerprint density at radius 2 is 1.61 bits per heavy atom. The summed E-state index contributed by atoms with van der Waals surface area (Å²) in [5.74, 6) is -0.635. The molecule has 0 spiro atoms. The molecule has 0 aliphatic rings. The van der Waals surface area contributed by atoms with Crippen LogP contribution in [0.5, 0.6) is 0 Å². The number of halogens is 3. The fourth-order valence-electron chi connectivity index (χ4n) is 1.93. The van der Waals surface area contributed by atoms with E-state index in [2.05, 4.69) is 5.32 Å². The van der Waals surface area contributed by atoms with Gasteiger partial charge < -0.3 is 10.2 Å². The maximum Gasteiger partial charge on any atom is 0.244 e. The third-order valence-corrected chi connectivity index (χ3v) is 3.83. The van der Waals surface area contributed by atoms with E-state index in [0.29, 0.717) is 26.4 Å². The van der Waals surface area contributed by atoms with E-state index in [4.69, 9.17) is 34.8 Å². The van der Waals surface area contributed by atoms with Crippen molar-refractivity contribution in [2.45, 2.75) is 6.92 Å². The van der Waals surface area contributed by atoms with Crippen LogP contribution in [0.25, 0.3) is 0 Å². The van der Waals surface area contributed by atoms with Crippen molar-refractivity contribution in [3.8, 4) is 0 Å². The number of rotatable bonds is 4. The molecule has 0 saturated heterocycles. The zero-order valence-corrected chi connectivity index (χ0v) is 14.4. The summed E-state index contributed by atoms with van der Waals surface area (Å²) in [6, 6.07) is 11.4. The van der Waals surface area contributed by atoms with Crippen LogP contribution < -0.4 is 10.2 Å². The van der Waals surface area contributed by atoms with Gasteiger partial charge in [-0.3, -0.25) is 9.59 Å². The summed E-state index contributed by atoms with van der Waals surface area (Å²) in [6.45, 7) is 1.24. The van der Waals surface area contributed by atoms with E-state index in [1.54, 1.807) is 36.4 Å². The molecule has 0 aliphatic carbocycles. The Morgan fingerprint density at radius 1 is 1.00 bits per heavy atom. The summed E-state index contributed by atoms with van der Waals surface area (Å²) >= 11 is 17.7. The molecule has 7 heteroatoms. The molecule has 0 radical (unpaired) electrons. The van der Waals surface area contributed by atoms with Crippen LogP contribution in [0.4, 0.5) is 11.4 Å². The molecule has 0 aromatic heterocycles. The number of amides is 2. The number of carbonyl (C=O) groups excluding carboxylic acids is 2. The van der Waals surface area contributed by atoms with Gasteiger partial charge in [-0.2, -0.15) is 0 Å². The Bertz CT molecular complexity index is 733. The first-order chi connectivity index (χ1) is 10.9. The van der Waals surface area contributed by atoms with Crippen molar-refractivity contribution >= 4 is 58.0 Å². The number of carbonyl (C=O) groups is 2. The second-order valence-electron chi connectivity index (χ2n) is 4.75. The van der Waals surface area contributed by atoms with Gasteiger partial charge >= 0.3 is 0 Å². The van der Waals surface area contributed by atoms with E-state index in [9.17, 15) is 9.59 Å². The van der Waals surface area contributed by atoms with Crippen molar-refractivity contribution in [2.75, 3.05) is 16.8 Å². The fraction of sp³-hybridized carbons (Fsp3) is 0.125. The Morgan fingerprint density at radius 3 is 2.17 bits per heavy atom. The van der Waals surface area contributed by atoms with Gasteiger partial charge in [-0.05, 0) is 42.5 Å². The Hall–Kier alpha value is -1.75. The molecular weight excluding hydrogens is 359 g/mol. The number of hydrogen-bond acceptors (Lipinski definition) is 2. The lowest BCUT2D eigenvalue weighted by Crippen LogP contribution is -2.36. The lowest BCUT2D eigenvalue weighted by atomic mass is 10.2. The van der Waals surface area contributed by atoms with Gasteiger partial charge in [0.05, 0.1) is 10.7 Å². The SMILES string of the molecule is CC(=O)N(CC(=O)Nc1ccc(Cl)cc1Cl)c1ccc(Cl)cc1. The number of benzene rings is 2. The molecule has 120 valence electrons. The molecule has 2 aromatic carbocycles. The molecule has 4 nitrogen and oxygen atoms in total. The van der Waals surface area contributed by atoms with Crippen LogP contribution >= 0.6 is 34.8 Å². The van der Waals surface area contributed by atoms with Gasteiger partial charge in [-0.25, -0.2) is 0 Å². The van der Waals surface area contributed by atoms with Crippen LogP contribution in [-0.4, -0.2) is 18.4 Å². The highest BCUT2D eigenvalue weighted by molar-refractivity contribution is 6.36. The second-order valence-corrected chi connectivity index (χ2v) is 6.03. The minimum atomic E-state index is -0.376. The van der Waals surface area contributed by atoms with Gasteiger partial charge in [-0.1, -0.05) is 34.8 Å². The number of anilines is 2. The molecule has 23 heavy (non-hydrogen) atoms. The summed E-state index contributed by atoms with van der Waals surface area (Å²) in [5.41, 5.74) is 1.01. The van der Waals surface area contributed by atoms with E-state index < -0.39 is 0 Å². The van der Waals surface area contributed by atoms with E-state index >= 15 is 0 Å². The van der Waals surface area contributed by atoms with Gasteiger partial charge in [0.15, 0.2) is 0 Å². The minimum absolute atomic E-state index is 0.143. The molecule has 0 bridgehead atoms. The van der Waals surface area contributed by atoms with Crippen LogP contribution in [0.1, 0.15) is 6.92 Å². The van der Waals surface area contributed by atoms with Gasteiger partial charge in [0.2, 0.25) is 11.8 Å². The maximum atomic E-state index is 12.2. The average Bonchev–Trinajstić information content (AvgIpc) is 2.48. The largest absolute Gasteiger partial charge is 0.323 e. The molecule has 2 aromatic rings. The van der Waals surface area contributed by atoms with E-state index in [1.807, 2.05) is 0 Å². The van der Waals surface area contributed by atoms with Gasteiger partial charge in [0, 0.05) is 22.7 Å². The Labute approximate surface area is 148 Å². The number of nitrogens with zero attached hydrogens (tertiary/aromatic N) is 1. The smallest absolute Gasteiger partial charge is 0.244 e. The first-order valence-electron chi connectivity index (χ1n) is 6.65. The lowest BCUT2D eigenvalue weighted by molar-refractivity contribution is -0.120. The predicted molar refractivity (Wildman–Crippen MR) is 94.6 cm³/mol. The van der Waals surface area contributed by atoms with Crippen LogP contribution in [0, 0.1) is 0 Å². The lowest BCUT2D eigenvalue weighted by Gasteiger charge is -2.21. The summed E-state index contributed by atoms with van der Waals surface area (Å²) in [6.07, 6.45) is 0. The van der Waals surface area contributed by atoms with E-state index in [1.165, 1.54) is 17.9 Å². The molecule has 2 rings (SSSR count). The van der Waals surface area contributed by atoms with Crippen molar-refractivity contribution in [3.05, 3.63) is 57.5 Å². The molecule has 0 saturated carbocycles. The van der Waals surface area contributed by atoms with Gasteiger partial charge in [-0.15, -0.1) is 0 Å². The van der Waals surface area contributed by atoms with Crippen molar-refractivity contribution in [2.24, 2.45) is 0 Å². The zero-order chi connectivity index (χ0) is 17.0. The molecule has 0 fully saturated rings. The fourth-order valence-corrected chi connectivity index (χ4v) is 2.51. The van der Waals surface area contributed by atoms with E-state index in [0.717, 1.165) is 0 Å². The van der Waals surface area contributed by atoms with Crippen LogP contribution in [-0.2, 0) is 9.59 Å². The predicted octanol–water partition coefficient (Wildman–Crippen LogP) is 4.64. The first kappa shape index (κ1) is 17.6. The summed E-state index contributed by atoms with van der Waals surface area (Å²) in [7, 11) is 0. The van der Waals surface area contributed by atoms with Crippen molar-refractivity contribution in [1.29, 1.82) is 0 Å². The third kappa shape index (κ3) is 4.86. The molecule has 2 amide bonds. The Balaban J connectivity index is 2.12. The second kappa shape index (κ2) is 7.68. The highest BCUT2D eigenvalue weighted by Gasteiger charge is 2.16. The summed E-state index contributed by atoms with van der Waals surface area (Å²) < 4.78 is 0. The highest BCUT2D eigenvalue weighted by atomic mass is 35.5. The van der Waals surface area contributed by atoms with Crippen LogP contribution in [0.15, 0.2) is 42.5 Å². The number of hydrogen-bond donors (Lipinski definition) is 1. The van der Waals surface area contributed by atoms with Crippen molar-refractivity contribution in [1.82, 2.24) is 0 Å². The maximum absolute atomic E-state index is 12.2. The summed E-state index contributed by atoms with van der Waals surface area (Å²) in [5, 5.41) is 4.00. The van der Waals surface area contributed by atoms with Crippen molar-refractivity contribution < 1.29 is 9.59 Å². The quantitative estimate of drug-likeness (QED) is 0.851. The van der Waals surface area contributed by atoms with Crippen molar-refractivity contribution in [3.63, 3.8) is 0 Å². The molecule has 0 unspecified atom stereocenters. The average molecular weight is 372 g/mol. The minimum Gasteiger partial charge on any atom is -0.323 e. The third-order valence-electron chi connectivity index (χ3n) is 3.03. The Kier molecular flexibility index (Phi) is 5.88. The zero-order valence-electron chi connectivity index (χ0n) is 12.1. The highest BCUT2D eigenvalue weighted by Crippen LogP contribution is 2.25.